The van der Waals surface area contributed by atoms with Gasteiger partial charge < -0.3 is 15.5 Å². The SMILES string of the molecule is CNC(=O)c1cc2c(s1)C(C[C@@H](C)NCC(=O)N1C(C#N)C[C@@H]3C[C@@H]31)(c1nn[nH]n1)c1ccsc1CC2. The van der Waals surface area contributed by atoms with Gasteiger partial charge in [0.25, 0.3) is 5.91 Å². The van der Waals surface area contributed by atoms with Gasteiger partial charge in [0, 0.05) is 28.9 Å². The fourth-order valence-electron chi connectivity index (χ4n) is 6.17. The number of tetrazole rings is 1. The molecule has 3 N–H and O–H groups in total. The lowest BCUT2D eigenvalue weighted by atomic mass is 9.73. The summed E-state index contributed by atoms with van der Waals surface area (Å²) in [6.45, 7) is 2.23. The van der Waals surface area contributed by atoms with E-state index in [9.17, 15) is 14.9 Å². The van der Waals surface area contributed by atoms with E-state index in [1.165, 1.54) is 16.2 Å². The lowest BCUT2D eigenvalue weighted by molar-refractivity contribution is -0.131. The van der Waals surface area contributed by atoms with E-state index in [1.54, 1.807) is 23.3 Å². The Hall–Kier alpha value is -3.14. The molecule has 1 aliphatic heterocycles. The van der Waals surface area contributed by atoms with E-state index in [0.717, 1.165) is 41.7 Å². The van der Waals surface area contributed by atoms with E-state index in [-0.39, 0.29) is 36.5 Å². The highest BCUT2D eigenvalue weighted by molar-refractivity contribution is 7.14. The molecule has 1 saturated heterocycles. The molecule has 3 aromatic rings. The van der Waals surface area contributed by atoms with Crippen LogP contribution in [0, 0.1) is 17.2 Å². The van der Waals surface area contributed by atoms with Crippen molar-refractivity contribution in [3.8, 4) is 6.07 Å². The summed E-state index contributed by atoms with van der Waals surface area (Å²) in [6, 6.07) is 6.25. The van der Waals surface area contributed by atoms with Crippen molar-refractivity contribution < 1.29 is 9.59 Å². The standard InChI is InChI=1S/C25H28N8O2S2/c1-13(28-12-21(34)33-16(11-26)7-15-8-18(15)33)10-25(24-29-31-32-30-24)17-5-6-36-19(17)4-3-14-9-20(23(35)27-2)37-22(14)25/h5-6,9,13,15-16,18,28H,3-4,7-8,10,12H2,1-2H3,(H,27,35)(H,29,30,31,32)/t13-,15-,16?,18+,25?/m1/s1. The summed E-state index contributed by atoms with van der Waals surface area (Å²) < 4.78 is 0. The van der Waals surface area contributed by atoms with Crippen LogP contribution in [0.4, 0.5) is 0 Å². The lowest BCUT2D eigenvalue weighted by Gasteiger charge is -2.34. The number of piperidine rings is 1. The Morgan fingerprint density at radius 2 is 2.24 bits per heavy atom. The molecule has 12 heteroatoms. The molecule has 1 saturated carbocycles. The van der Waals surface area contributed by atoms with Gasteiger partial charge in [0.2, 0.25) is 5.91 Å². The fourth-order valence-corrected chi connectivity index (χ4v) is 8.49. The number of nitrogens with one attached hydrogen (secondary N) is 3. The Kier molecular flexibility index (Phi) is 6.09. The molecule has 0 aromatic carbocycles. The normalized spacial score (nSPS) is 26.4. The molecule has 37 heavy (non-hydrogen) atoms. The number of amides is 2. The number of fused-ring (bicyclic) bond motifs is 3. The summed E-state index contributed by atoms with van der Waals surface area (Å²) in [4.78, 5) is 30.5. The van der Waals surface area contributed by atoms with Gasteiger partial charge in [-0.1, -0.05) is 5.21 Å². The maximum atomic E-state index is 13.1. The van der Waals surface area contributed by atoms with Crippen molar-refractivity contribution in [1.82, 2.24) is 36.2 Å². The van der Waals surface area contributed by atoms with Crippen LogP contribution >= 0.6 is 22.7 Å². The van der Waals surface area contributed by atoms with Crippen LogP contribution in [0.1, 0.15) is 62.6 Å². The van der Waals surface area contributed by atoms with Crippen LogP contribution in [-0.2, 0) is 23.1 Å². The molecule has 2 unspecified atom stereocenters. The number of likely N-dealkylation sites (tertiary alicyclic amines) is 1. The number of carbonyl (C=O) groups excluding carboxylic acids is 2. The van der Waals surface area contributed by atoms with Gasteiger partial charge in [-0.05, 0) is 73.6 Å². The predicted octanol–water partition coefficient (Wildman–Crippen LogP) is 2.00. The molecule has 3 aromatic heterocycles. The number of aromatic nitrogens is 4. The monoisotopic (exact) mass is 536 g/mol. The molecule has 6 rings (SSSR count). The van der Waals surface area contributed by atoms with Crippen molar-refractivity contribution in [2.45, 2.75) is 62.6 Å². The average Bonchev–Trinajstić information content (AvgIpc) is 3.43. The average molecular weight is 537 g/mol. The molecule has 0 radical (unpaired) electrons. The maximum absolute atomic E-state index is 13.1. The van der Waals surface area contributed by atoms with E-state index in [4.69, 9.17) is 0 Å². The zero-order valence-electron chi connectivity index (χ0n) is 20.7. The number of thiophene rings is 2. The number of H-pyrrole nitrogens is 1. The van der Waals surface area contributed by atoms with Crippen molar-refractivity contribution >= 4 is 34.5 Å². The third-order valence-corrected chi connectivity index (χ3v) is 10.3. The Morgan fingerprint density at radius 3 is 3.00 bits per heavy atom. The van der Waals surface area contributed by atoms with E-state index in [2.05, 4.69) is 55.7 Å². The quantitative estimate of drug-likeness (QED) is 0.420. The number of hydrogen-bond acceptors (Lipinski definition) is 9. The topological polar surface area (TPSA) is 140 Å². The number of aryl methyl sites for hydroxylation is 2. The maximum Gasteiger partial charge on any atom is 0.261 e. The summed E-state index contributed by atoms with van der Waals surface area (Å²) in [7, 11) is 1.64. The van der Waals surface area contributed by atoms with Gasteiger partial charge in [0.05, 0.1) is 22.9 Å². The number of aromatic amines is 1. The van der Waals surface area contributed by atoms with Crippen molar-refractivity contribution in [2.75, 3.05) is 13.6 Å². The van der Waals surface area contributed by atoms with Crippen LogP contribution in [0.2, 0.25) is 0 Å². The molecular formula is C25H28N8O2S2. The Morgan fingerprint density at radius 1 is 1.38 bits per heavy atom. The highest BCUT2D eigenvalue weighted by Crippen LogP contribution is 2.51. The number of nitrogens with zero attached hydrogens (tertiary/aromatic N) is 5. The zero-order valence-corrected chi connectivity index (χ0v) is 22.3. The Balaban J connectivity index is 1.34. The fraction of sp³-hybridized carbons (Fsp3) is 0.520. The van der Waals surface area contributed by atoms with Crippen LogP contribution in [0.5, 0.6) is 0 Å². The number of rotatable bonds is 7. The second-order valence-electron chi connectivity index (χ2n) is 10.2. The first-order valence-corrected chi connectivity index (χ1v) is 14.3. The van der Waals surface area contributed by atoms with Gasteiger partial charge >= 0.3 is 0 Å². The summed E-state index contributed by atoms with van der Waals surface area (Å²) in [6.07, 6.45) is 4.08. The van der Waals surface area contributed by atoms with Crippen molar-refractivity contribution in [1.29, 1.82) is 5.26 Å². The first-order chi connectivity index (χ1) is 18.0. The van der Waals surface area contributed by atoms with Gasteiger partial charge in [-0.2, -0.15) is 10.5 Å². The third-order valence-electron chi connectivity index (χ3n) is 7.96. The van der Waals surface area contributed by atoms with Crippen molar-refractivity contribution in [3.63, 3.8) is 0 Å². The van der Waals surface area contributed by atoms with Crippen LogP contribution in [0.3, 0.4) is 0 Å². The van der Waals surface area contributed by atoms with Gasteiger partial charge in [0.15, 0.2) is 5.82 Å². The van der Waals surface area contributed by atoms with Crippen molar-refractivity contribution in [3.05, 3.63) is 49.1 Å². The summed E-state index contributed by atoms with van der Waals surface area (Å²) in [5.41, 5.74) is 1.53. The Bertz CT molecular complexity index is 1380. The molecule has 2 aliphatic carbocycles. The van der Waals surface area contributed by atoms with E-state index >= 15 is 0 Å². The summed E-state index contributed by atoms with van der Waals surface area (Å²) >= 11 is 3.21. The largest absolute Gasteiger partial charge is 0.354 e. The zero-order chi connectivity index (χ0) is 25.7. The summed E-state index contributed by atoms with van der Waals surface area (Å²) in [5, 5.41) is 33.3. The first-order valence-electron chi connectivity index (χ1n) is 12.6. The molecule has 5 atom stereocenters. The third kappa shape index (κ3) is 3.96. The van der Waals surface area contributed by atoms with Crippen LogP contribution < -0.4 is 10.6 Å². The molecule has 0 spiro atoms. The lowest BCUT2D eigenvalue weighted by Crippen LogP contribution is -2.46. The molecular weight excluding hydrogens is 508 g/mol. The molecule has 10 nitrogen and oxygen atoms in total. The van der Waals surface area contributed by atoms with Crippen LogP contribution in [-0.4, -0.2) is 69.1 Å². The van der Waals surface area contributed by atoms with Gasteiger partial charge in [-0.15, -0.1) is 32.9 Å². The number of carbonyl (C=O) groups is 2. The minimum absolute atomic E-state index is 0.0205. The predicted molar refractivity (Wildman–Crippen MR) is 138 cm³/mol. The Labute approximate surface area is 222 Å². The minimum Gasteiger partial charge on any atom is -0.354 e. The van der Waals surface area contributed by atoms with Crippen molar-refractivity contribution in [2.24, 2.45) is 5.92 Å². The number of nitriles is 1. The second-order valence-corrected chi connectivity index (χ2v) is 12.2. The molecule has 2 amide bonds. The minimum atomic E-state index is -0.717. The number of hydrogen-bond donors (Lipinski definition) is 3. The molecule has 0 bridgehead atoms. The molecule has 2 fully saturated rings. The summed E-state index contributed by atoms with van der Waals surface area (Å²) in [5.74, 6) is 0.916. The van der Waals surface area contributed by atoms with E-state index < -0.39 is 5.41 Å². The van der Waals surface area contributed by atoms with Crippen LogP contribution in [0.25, 0.3) is 0 Å². The van der Waals surface area contributed by atoms with Gasteiger partial charge in [-0.3, -0.25) is 9.59 Å². The molecule has 4 heterocycles. The van der Waals surface area contributed by atoms with E-state index in [1.807, 2.05) is 6.07 Å². The van der Waals surface area contributed by atoms with Crippen LogP contribution in [0.15, 0.2) is 17.5 Å². The second kappa shape index (κ2) is 9.31. The molecule has 192 valence electrons. The van der Waals surface area contributed by atoms with Gasteiger partial charge in [-0.25, -0.2) is 0 Å². The highest BCUT2D eigenvalue weighted by atomic mass is 32.1. The molecule has 3 aliphatic rings. The highest BCUT2D eigenvalue weighted by Gasteiger charge is 2.54. The van der Waals surface area contributed by atoms with E-state index in [0.29, 0.717) is 23.0 Å². The van der Waals surface area contributed by atoms with Gasteiger partial charge in [0.1, 0.15) is 6.04 Å². The smallest absolute Gasteiger partial charge is 0.261 e. The first kappa shape index (κ1) is 24.2.